The first-order valence-electron chi connectivity index (χ1n) is 2.86. The Morgan fingerprint density at radius 1 is 1.60 bits per heavy atom. The van der Waals surface area contributed by atoms with Crippen molar-refractivity contribution in [3.8, 4) is 0 Å². The van der Waals surface area contributed by atoms with Gasteiger partial charge in [-0.1, -0.05) is 0 Å². The smallest absolute Gasteiger partial charge is 0.217 e. The Kier molecular flexibility index (Phi) is 0.887. The van der Waals surface area contributed by atoms with E-state index in [1.54, 1.807) is 18.6 Å². The normalized spacial score (nSPS) is 10.4. The van der Waals surface area contributed by atoms with Gasteiger partial charge in [0.05, 0.1) is 11.7 Å². The number of nitrogens with one attached hydrogen (secondary N) is 1. The van der Waals surface area contributed by atoms with E-state index in [1.165, 1.54) is 4.57 Å². The largest absolute Gasteiger partial charge is 0.294 e. The number of hydrogen-bond acceptors (Lipinski definition) is 2. The van der Waals surface area contributed by atoms with Crippen LogP contribution in [0.2, 0.25) is 0 Å². The number of aromatic nitrogens is 3. The summed E-state index contributed by atoms with van der Waals surface area (Å²) >= 11 is 0. The van der Waals surface area contributed by atoms with Crippen LogP contribution in [0.3, 0.4) is 0 Å². The van der Waals surface area contributed by atoms with Gasteiger partial charge in [-0.05, 0) is 0 Å². The van der Waals surface area contributed by atoms with Gasteiger partial charge >= 0.3 is 0 Å². The van der Waals surface area contributed by atoms with Gasteiger partial charge in [-0.15, -0.1) is 0 Å². The van der Waals surface area contributed by atoms with Crippen LogP contribution in [0.4, 0.5) is 0 Å². The van der Waals surface area contributed by atoms with Crippen molar-refractivity contribution in [2.45, 2.75) is 0 Å². The van der Waals surface area contributed by atoms with E-state index in [-0.39, 0.29) is 0 Å². The van der Waals surface area contributed by atoms with Crippen LogP contribution in [0.25, 0.3) is 10.9 Å². The molecule has 4 nitrogen and oxygen atoms in total. The van der Waals surface area contributed by atoms with Gasteiger partial charge in [0, 0.05) is 17.8 Å². The first kappa shape index (κ1) is 5.22. The molecule has 2 aromatic rings. The maximum Gasteiger partial charge on any atom is 0.217 e. The first-order chi connectivity index (χ1) is 4.90. The second-order valence-electron chi connectivity index (χ2n) is 2.05. The average Bonchev–Trinajstić information content (AvgIpc) is 2.42. The van der Waals surface area contributed by atoms with E-state index in [2.05, 4.69) is 10.2 Å². The number of fused-ring (bicyclic) bond motifs is 1. The van der Waals surface area contributed by atoms with Gasteiger partial charge in [0.15, 0.2) is 0 Å². The fourth-order valence-corrected chi connectivity index (χ4v) is 0.920. The average molecular weight is 135 g/mol. The summed E-state index contributed by atoms with van der Waals surface area (Å²) in [6, 6.07) is 0. The predicted octanol–water partition coefficient (Wildman–Crippen LogP) is 0.403. The molecule has 2 heterocycles. The number of H-pyrrole nitrogens is 1. The number of nitrogens with zero attached hydrogens (tertiary/aromatic N) is 2. The highest BCUT2D eigenvalue weighted by atomic mass is 16.1. The molecule has 0 saturated carbocycles. The maximum absolute atomic E-state index is 10.2. The Balaban J connectivity index is 2.78. The molecule has 0 aromatic carbocycles. The minimum Gasteiger partial charge on any atom is -0.294 e. The molecule has 0 aliphatic rings. The second kappa shape index (κ2) is 1.70. The first-order valence-corrected chi connectivity index (χ1v) is 2.86. The van der Waals surface area contributed by atoms with E-state index in [1.807, 2.05) is 0 Å². The highest BCUT2D eigenvalue weighted by molar-refractivity contribution is 5.80. The number of hydrogen-bond donors (Lipinski definition) is 1. The highest BCUT2D eigenvalue weighted by Gasteiger charge is 1.96. The highest BCUT2D eigenvalue weighted by Crippen LogP contribution is 2.08. The van der Waals surface area contributed by atoms with Crippen molar-refractivity contribution >= 4 is 17.3 Å². The van der Waals surface area contributed by atoms with Crippen molar-refractivity contribution in [1.29, 1.82) is 0 Å². The van der Waals surface area contributed by atoms with Gasteiger partial charge in [0.2, 0.25) is 6.41 Å². The van der Waals surface area contributed by atoms with Crippen LogP contribution < -0.4 is 0 Å². The van der Waals surface area contributed by atoms with E-state index >= 15 is 0 Å². The fraction of sp³-hybridized carbons (Fsp3) is 0. The molecule has 50 valence electrons. The molecule has 4 heteroatoms. The lowest BCUT2D eigenvalue weighted by molar-refractivity contribution is 0.547. The summed E-state index contributed by atoms with van der Waals surface area (Å²) in [6.07, 6.45) is 5.82. The Labute approximate surface area is 56.5 Å². The molecule has 0 fully saturated rings. The van der Waals surface area contributed by atoms with Gasteiger partial charge in [0.25, 0.3) is 0 Å². The molecule has 2 aromatic heterocycles. The van der Waals surface area contributed by atoms with Crippen LogP contribution in [0.15, 0.2) is 18.6 Å². The standard InChI is InChI=1S/C6H5N3O/c10-4-9-2-5-1-7-8-6(5)3-9/h1-4,8H. The van der Waals surface area contributed by atoms with Gasteiger partial charge in [-0.25, -0.2) is 0 Å². The van der Waals surface area contributed by atoms with E-state index in [0.717, 1.165) is 17.3 Å². The summed E-state index contributed by atoms with van der Waals surface area (Å²) in [5.41, 5.74) is 0.882. The second-order valence-corrected chi connectivity index (χ2v) is 2.05. The van der Waals surface area contributed by atoms with E-state index in [0.29, 0.717) is 0 Å². The zero-order chi connectivity index (χ0) is 6.97. The van der Waals surface area contributed by atoms with Crippen LogP contribution in [-0.4, -0.2) is 21.2 Å². The van der Waals surface area contributed by atoms with Crippen LogP contribution in [0.1, 0.15) is 0 Å². The zero-order valence-electron chi connectivity index (χ0n) is 5.11. The number of aromatic amines is 1. The van der Waals surface area contributed by atoms with Gasteiger partial charge in [0.1, 0.15) is 0 Å². The number of carbonyl (C=O) groups excluding carboxylic acids is 1. The molecular weight excluding hydrogens is 130 g/mol. The van der Waals surface area contributed by atoms with Crippen molar-refractivity contribution in [3.63, 3.8) is 0 Å². The van der Waals surface area contributed by atoms with Crippen molar-refractivity contribution < 1.29 is 4.79 Å². The van der Waals surface area contributed by atoms with E-state index in [4.69, 9.17) is 0 Å². The number of carbonyl (C=O) groups is 1. The molecule has 0 aliphatic heterocycles. The Morgan fingerprint density at radius 3 is 3.20 bits per heavy atom. The molecule has 0 saturated heterocycles. The summed E-state index contributed by atoms with van der Waals surface area (Å²) in [4.78, 5) is 10.2. The molecule has 0 aliphatic carbocycles. The summed E-state index contributed by atoms with van der Waals surface area (Å²) in [5, 5.41) is 7.48. The monoisotopic (exact) mass is 135 g/mol. The predicted molar refractivity (Wildman–Crippen MR) is 36.2 cm³/mol. The summed E-state index contributed by atoms with van der Waals surface area (Å²) in [5.74, 6) is 0. The third kappa shape index (κ3) is 0.556. The Bertz CT molecular complexity index is 331. The van der Waals surface area contributed by atoms with Crippen LogP contribution >= 0.6 is 0 Å². The number of rotatable bonds is 1. The van der Waals surface area contributed by atoms with Crippen molar-refractivity contribution in [1.82, 2.24) is 14.8 Å². The fourth-order valence-electron chi connectivity index (χ4n) is 0.920. The van der Waals surface area contributed by atoms with Gasteiger partial charge < -0.3 is 0 Å². The SMILES string of the molecule is O=Cn1cc2cn[nH]c2c1. The molecular formula is C6H5N3O. The third-order valence-corrected chi connectivity index (χ3v) is 1.39. The Morgan fingerprint density at radius 2 is 2.50 bits per heavy atom. The minimum atomic E-state index is 0.744. The third-order valence-electron chi connectivity index (χ3n) is 1.39. The molecule has 1 N–H and O–H groups in total. The van der Waals surface area contributed by atoms with Crippen molar-refractivity contribution in [2.75, 3.05) is 0 Å². The van der Waals surface area contributed by atoms with Gasteiger partial charge in [-0.2, -0.15) is 5.10 Å². The summed E-state index contributed by atoms with van der Waals surface area (Å²) < 4.78 is 1.45. The van der Waals surface area contributed by atoms with E-state index < -0.39 is 0 Å². The summed E-state index contributed by atoms with van der Waals surface area (Å²) in [7, 11) is 0. The molecule has 0 spiro atoms. The molecule has 0 atom stereocenters. The molecule has 0 bridgehead atoms. The Hall–Kier alpha value is -1.58. The maximum atomic E-state index is 10.2. The molecule has 0 radical (unpaired) electrons. The minimum absolute atomic E-state index is 0.744. The van der Waals surface area contributed by atoms with Crippen molar-refractivity contribution in [3.05, 3.63) is 18.6 Å². The lowest BCUT2D eigenvalue weighted by atomic mass is 10.4. The lowest BCUT2D eigenvalue weighted by Gasteiger charge is -1.79. The quantitative estimate of drug-likeness (QED) is 0.575. The lowest BCUT2D eigenvalue weighted by Crippen LogP contribution is -1.87. The summed E-state index contributed by atoms with van der Waals surface area (Å²) in [6.45, 7) is 0. The van der Waals surface area contributed by atoms with Crippen LogP contribution in [0.5, 0.6) is 0 Å². The zero-order valence-corrected chi connectivity index (χ0v) is 5.11. The van der Waals surface area contributed by atoms with Crippen LogP contribution in [0, 0.1) is 0 Å². The van der Waals surface area contributed by atoms with Gasteiger partial charge in [-0.3, -0.25) is 14.5 Å². The molecule has 2 rings (SSSR count). The van der Waals surface area contributed by atoms with Crippen LogP contribution in [-0.2, 0) is 4.79 Å². The van der Waals surface area contributed by atoms with Crippen molar-refractivity contribution in [2.24, 2.45) is 0 Å². The molecule has 0 amide bonds. The topological polar surface area (TPSA) is 50.7 Å². The molecule has 0 unspecified atom stereocenters. The van der Waals surface area contributed by atoms with E-state index in [9.17, 15) is 4.79 Å². The molecule has 10 heavy (non-hydrogen) atoms.